The van der Waals surface area contributed by atoms with E-state index in [4.69, 9.17) is 0 Å². The van der Waals surface area contributed by atoms with E-state index < -0.39 is 5.97 Å². The molecule has 0 unspecified atom stereocenters. The lowest BCUT2D eigenvalue weighted by molar-refractivity contribution is 0.0699. The summed E-state index contributed by atoms with van der Waals surface area (Å²) in [5, 5.41) is 10.1. The third kappa shape index (κ3) is 1.97. The van der Waals surface area contributed by atoms with Crippen molar-refractivity contribution in [2.24, 2.45) is 0 Å². The first-order chi connectivity index (χ1) is 9.70. The van der Waals surface area contributed by atoms with Gasteiger partial charge in [-0.2, -0.15) is 0 Å². The van der Waals surface area contributed by atoms with Gasteiger partial charge in [0.25, 0.3) is 0 Å². The van der Waals surface area contributed by atoms with Gasteiger partial charge in [0.2, 0.25) is 0 Å². The maximum absolute atomic E-state index is 11.4. The second-order valence-corrected chi connectivity index (χ2v) is 4.73. The minimum atomic E-state index is -0.882. The second-order valence-electron chi connectivity index (χ2n) is 4.73. The number of carboxylic acid groups (broad SMARTS) is 1. The first kappa shape index (κ1) is 12.5. The highest BCUT2D eigenvalue weighted by molar-refractivity contribution is 6.04. The quantitative estimate of drug-likeness (QED) is 0.777. The summed E-state index contributed by atoms with van der Waals surface area (Å²) >= 11 is 0. The van der Waals surface area contributed by atoms with Crippen molar-refractivity contribution in [3.63, 3.8) is 0 Å². The van der Waals surface area contributed by atoms with Crippen LogP contribution in [0.1, 0.15) is 17.3 Å². The van der Waals surface area contributed by atoms with Crippen LogP contribution in [-0.2, 0) is 6.54 Å². The summed E-state index contributed by atoms with van der Waals surface area (Å²) in [4.78, 5) is 11.4. The van der Waals surface area contributed by atoms with Gasteiger partial charge >= 0.3 is 5.97 Å². The smallest absolute Gasteiger partial charge is 0.337 e. The number of hydrogen-bond donors (Lipinski definition) is 1. The summed E-state index contributed by atoms with van der Waals surface area (Å²) in [6, 6.07) is 16.0. The van der Waals surface area contributed by atoms with Gasteiger partial charge in [0, 0.05) is 23.6 Å². The van der Waals surface area contributed by atoms with Crippen molar-refractivity contribution in [2.75, 3.05) is 0 Å². The molecule has 0 fully saturated rings. The molecule has 0 saturated heterocycles. The second kappa shape index (κ2) is 4.85. The van der Waals surface area contributed by atoms with Gasteiger partial charge in [0.15, 0.2) is 0 Å². The minimum absolute atomic E-state index is 0.361. The summed E-state index contributed by atoms with van der Waals surface area (Å²) in [6.45, 7) is 2.77. The molecule has 0 amide bonds. The lowest BCUT2D eigenvalue weighted by Crippen LogP contribution is -1.94. The molecule has 0 atom stereocenters. The van der Waals surface area contributed by atoms with Crippen molar-refractivity contribution in [1.29, 1.82) is 0 Å². The molecule has 3 nitrogen and oxygen atoms in total. The molecule has 1 N–H and O–H groups in total. The van der Waals surface area contributed by atoms with Gasteiger partial charge in [-0.15, -0.1) is 0 Å². The highest BCUT2D eigenvalue weighted by Crippen LogP contribution is 2.28. The minimum Gasteiger partial charge on any atom is -0.478 e. The van der Waals surface area contributed by atoms with Gasteiger partial charge < -0.3 is 9.67 Å². The Morgan fingerprint density at radius 2 is 1.85 bits per heavy atom. The Morgan fingerprint density at radius 3 is 2.50 bits per heavy atom. The summed E-state index contributed by atoms with van der Waals surface area (Å²) < 4.78 is 1.97. The van der Waals surface area contributed by atoms with Gasteiger partial charge in [0.05, 0.1) is 5.56 Å². The molecule has 3 heteroatoms. The Labute approximate surface area is 117 Å². The molecule has 0 bridgehead atoms. The normalized spacial score (nSPS) is 10.8. The van der Waals surface area contributed by atoms with Gasteiger partial charge in [0.1, 0.15) is 0 Å². The zero-order valence-corrected chi connectivity index (χ0v) is 11.2. The Bertz CT molecular complexity index is 772. The zero-order chi connectivity index (χ0) is 14.1. The zero-order valence-electron chi connectivity index (χ0n) is 11.2. The predicted octanol–water partition coefficient (Wildman–Crippen LogP) is 4.03. The van der Waals surface area contributed by atoms with Crippen LogP contribution >= 0.6 is 0 Å². The maximum atomic E-state index is 11.4. The van der Waals surface area contributed by atoms with Crippen molar-refractivity contribution in [1.82, 2.24) is 4.57 Å². The number of fused-ring (bicyclic) bond motifs is 1. The third-order valence-corrected chi connectivity index (χ3v) is 3.56. The Hall–Kier alpha value is -2.55. The standard InChI is InChI=1S/C17H15NO2/c1-2-18-11-15(17(19)20)14-10-13(8-9-16(14)18)12-6-4-3-5-7-12/h3-11H,2H2,1H3,(H,19,20). The average molecular weight is 265 g/mol. The summed E-state index contributed by atoms with van der Waals surface area (Å²) in [7, 11) is 0. The number of aromatic carboxylic acids is 1. The van der Waals surface area contributed by atoms with Crippen molar-refractivity contribution in [3.05, 3.63) is 60.3 Å². The number of carbonyl (C=O) groups is 1. The van der Waals surface area contributed by atoms with E-state index in [2.05, 4.69) is 0 Å². The number of hydrogen-bond acceptors (Lipinski definition) is 1. The van der Waals surface area contributed by atoms with Crippen LogP contribution in [0.4, 0.5) is 0 Å². The van der Waals surface area contributed by atoms with E-state index in [-0.39, 0.29) is 0 Å². The Morgan fingerprint density at radius 1 is 1.10 bits per heavy atom. The van der Waals surface area contributed by atoms with E-state index in [1.807, 2.05) is 60.0 Å². The molecule has 0 aliphatic heterocycles. The van der Waals surface area contributed by atoms with E-state index in [1.165, 1.54) is 0 Å². The summed E-state index contributed by atoms with van der Waals surface area (Å²) in [5.74, 6) is -0.882. The third-order valence-electron chi connectivity index (χ3n) is 3.56. The topological polar surface area (TPSA) is 42.2 Å². The largest absolute Gasteiger partial charge is 0.478 e. The number of benzene rings is 2. The number of aromatic nitrogens is 1. The lowest BCUT2D eigenvalue weighted by atomic mass is 10.0. The molecule has 3 rings (SSSR count). The van der Waals surface area contributed by atoms with Crippen LogP contribution in [0.5, 0.6) is 0 Å². The first-order valence-electron chi connectivity index (χ1n) is 6.62. The molecule has 1 heterocycles. The number of aryl methyl sites for hydroxylation is 1. The Balaban J connectivity index is 2.25. The molecule has 0 radical (unpaired) electrons. The van der Waals surface area contributed by atoms with Crippen molar-refractivity contribution >= 4 is 16.9 Å². The molecule has 2 aromatic carbocycles. The van der Waals surface area contributed by atoms with Gasteiger partial charge in [-0.25, -0.2) is 4.79 Å². The predicted molar refractivity (Wildman–Crippen MR) is 80.0 cm³/mol. The van der Waals surface area contributed by atoms with Crippen molar-refractivity contribution < 1.29 is 9.90 Å². The van der Waals surface area contributed by atoms with Crippen LogP contribution in [0.3, 0.4) is 0 Å². The lowest BCUT2D eigenvalue weighted by Gasteiger charge is -2.04. The van der Waals surface area contributed by atoms with Gasteiger partial charge in [-0.05, 0) is 30.2 Å². The van der Waals surface area contributed by atoms with E-state index in [0.29, 0.717) is 5.56 Å². The van der Waals surface area contributed by atoms with Crippen LogP contribution in [0.2, 0.25) is 0 Å². The highest BCUT2D eigenvalue weighted by Gasteiger charge is 2.14. The van der Waals surface area contributed by atoms with E-state index >= 15 is 0 Å². The molecule has 0 aliphatic carbocycles. The fourth-order valence-electron chi connectivity index (χ4n) is 2.54. The van der Waals surface area contributed by atoms with Gasteiger partial charge in [-0.1, -0.05) is 36.4 Å². The molecule has 20 heavy (non-hydrogen) atoms. The molecular weight excluding hydrogens is 250 g/mol. The molecule has 1 aromatic heterocycles. The van der Waals surface area contributed by atoms with Gasteiger partial charge in [-0.3, -0.25) is 0 Å². The highest BCUT2D eigenvalue weighted by atomic mass is 16.4. The van der Waals surface area contributed by atoms with Crippen LogP contribution < -0.4 is 0 Å². The Kier molecular flexibility index (Phi) is 3.03. The molecule has 100 valence electrons. The fraction of sp³-hybridized carbons (Fsp3) is 0.118. The molecule has 0 aliphatic rings. The van der Waals surface area contributed by atoms with Crippen molar-refractivity contribution in [2.45, 2.75) is 13.5 Å². The number of carboxylic acids is 1. The molecule has 0 spiro atoms. The van der Waals surface area contributed by atoms with Crippen molar-refractivity contribution in [3.8, 4) is 11.1 Å². The number of nitrogens with zero attached hydrogens (tertiary/aromatic N) is 1. The van der Waals surface area contributed by atoms with E-state index in [1.54, 1.807) is 6.20 Å². The van der Waals surface area contributed by atoms with E-state index in [9.17, 15) is 9.90 Å². The van der Waals surface area contributed by atoms with Crippen LogP contribution in [0.15, 0.2) is 54.7 Å². The summed E-state index contributed by atoms with van der Waals surface area (Å²) in [5.41, 5.74) is 3.45. The van der Waals surface area contributed by atoms with Crippen LogP contribution in [0, 0.1) is 0 Å². The average Bonchev–Trinajstić information content (AvgIpc) is 2.86. The van der Waals surface area contributed by atoms with Crippen LogP contribution in [-0.4, -0.2) is 15.6 Å². The molecule has 0 saturated carbocycles. The molecule has 3 aromatic rings. The van der Waals surface area contributed by atoms with Crippen LogP contribution in [0.25, 0.3) is 22.0 Å². The molecular formula is C17H15NO2. The first-order valence-corrected chi connectivity index (χ1v) is 6.62. The fourth-order valence-corrected chi connectivity index (χ4v) is 2.54. The van der Waals surface area contributed by atoms with E-state index in [0.717, 1.165) is 28.6 Å². The maximum Gasteiger partial charge on any atom is 0.337 e. The summed E-state index contributed by atoms with van der Waals surface area (Å²) in [6.07, 6.45) is 1.71. The number of rotatable bonds is 3. The monoisotopic (exact) mass is 265 g/mol. The SMILES string of the molecule is CCn1cc(C(=O)O)c2cc(-c3ccccc3)ccc21.